The van der Waals surface area contributed by atoms with Gasteiger partial charge >= 0.3 is 0 Å². The van der Waals surface area contributed by atoms with E-state index in [0.717, 1.165) is 19.6 Å². The molecule has 0 spiro atoms. The summed E-state index contributed by atoms with van der Waals surface area (Å²) in [6, 6.07) is 0. The van der Waals surface area contributed by atoms with E-state index in [1.54, 1.807) is 0 Å². The van der Waals surface area contributed by atoms with Crippen molar-refractivity contribution in [2.75, 3.05) is 19.6 Å². The Kier molecular flexibility index (Phi) is 5.90. The third kappa shape index (κ3) is 4.87. The molecule has 1 aliphatic heterocycles. The smallest absolute Gasteiger partial charge is 0.129 e. The molecular formula is C15H38N4Si2. The fourth-order valence-corrected chi connectivity index (χ4v) is 12.4. The molecule has 1 aliphatic rings. The molecule has 1 N–H and O–H groups in total. The molecule has 1 rings (SSSR count). The Balaban J connectivity index is 3.03. The predicted molar refractivity (Wildman–Crippen MR) is 99.2 cm³/mol. The summed E-state index contributed by atoms with van der Waals surface area (Å²) >= 11 is 0. The average molecular weight is 331 g/mol. The topological polar surface area (TPSA) is 21.8 Å². The lowest BCUT2D eigenvalue weighted by atomic mass is 10.1. The normalized spacial score (nSPS) is 23.3. The van der Waals surface area contributed by atoms with Crippen molar-refractivity contribution in [3.63, 3.8) is 0 Å². The van der Waals surface area contributed by atoms with Gasteiger partial charge in [-0.15, -0.1) is 0 Å². The summed E-state index contributed by atoms with van der Waals surface area (Å²) in [7, 11) is -2.78. The van der Waals surface area contributed by atoms with E-state index in [4.69, 9.17) is 0 Å². The Labute approximate surface area is 135 Å². The summed E-state index contributed by atoms with van der Waals surface area (Å²) in [6.07, 6.45) is 0.341. The molecule has 0 aliphatic carbocycles. The maximum Gasteiger partial charge on any atom is 0.129 e. The molecule has 1 heterocycles. The first-order valence-electron chi connectivity index (χ1n) is 8.36. The van der Waals surface area contributed by atoms with Gasteiger partial charge < -0.3 is 0 Å². The first-order chi connectivity index (χ1) is 9.28. The van der Waals surface area contributed by atoms with Crippen molar-refractivity contribution in [1.29, 1.82) is 0 Å². The van der Waals surface area contributed by atoms with Crippen LogP contribution in [-0.2, 0) is 0 Å². The summed E-state index contributed by atoms with van der Waals surface area (Å²) in [5.41, 5.74) is 4.16. The molecule has 0 aromatic heterocycles. The second-order valence-electron chi connectivity index (χ2n) is 9.17. The van der Waals surface area contributed by atoms with E-state index in [1.165, 1.54) is 0 Å². The fourth-order valence-electron chi connectivity index (χ4n) is 3.37. The van der Waals surface area contributed by atoms with Gasteiger partial charge in [-0.1, -0.05) is 46.2 Å². The number of hydrazine groups is 1. The molecule has 6 heteroatoms. The molecule has 0 amide bonds. The summed E-state index contributed by atoms with van der Waals surface area (Å²) in [4.78, 5) is 5.18. The quantitative estimate of drug-likeness (QED) is 0.617. The number of nitrogens with zero attached hydrogens (tertiary/aromatic N) is 3. The molecular weight excluding hydrogens is 292 g/mol. The SMILES string of the molecule is CCN1CCN(C(C)(C)C)C1NN([Si](C)(C)C)[Si](C)(C)C. The minimum absolute atomic E-state index is 0.201. The van der Waals surface area contributed by atoms with Crippen LogP contribution in [0.3, 0.4) is 0 Å². The molecule has 21 heavy (non-hydrogen) atoms. The number of hydrogen-bond donors (Lipinski definition) is 1. The van der Waals surface area contributed by atoms with Crippen molar-refractivity contribution in [2.45, 2.75) is 78.8 Å². The van der Waals surface area contributed by atoms with Crippen LogP contribution in [0.2, 0.25) is 39.3 Å². The molecule has 126 valence electrons. The summed E-state index contributed by atoms with van der Waals surface area (Å²) < 4.78 is 2.69. The second-order valence-corrected chi connectivity index (χ2v) is 19.2. The van der Waals surface area contributed by atoms with Gasteiger partial charge in [0.15, 0.2) is 0 Å². The van der Waals surface area contributed by atoms with Crippen LogP contribution in [0.15, 0.2) is 0 Å². The number of hydrogen-bond acceptors (Lipinski definition) is 4. The van der Waals surface area contributed by atoms with Crippen LogP contribution in [0.5, 0.6) is 0 Å². The lowest BCUT2D eigenvalue weighted by Gasteiger charge is -2.49. The largest absolute Gasteiger partial charge is 0.284 e. The van der Waals surface area contributed by atoms with E-state index >= 15 is 0 Å². The van der Waals surface area contributed by atoms with E-state index in [9.17, 15) is 0 Å². The highest BCUT2D eigenvalue weighted by Gasteiger charge is 2.42. The van der Waals surface area contributed by atoms with E-state index in [0.29, 0.717) is 6.29 Å². The van der Waals surface area contributed by atoms with Gasteiger partial charge in [-0.25, -0.2) is 5.43 Å². The molecule has 1 unspecified atom stereocenters. The highest BCUT2D eigenvalue weighted by Crippen LogP contribution is 2.25. The minimum Gasteiger partial charge on any atom is -0.284 e. The molecule has 1 fully saturated rings. The molecule has 1 atom stereocenters. The van der Waals surface area contributed by atoms with Gasteiger partial charge in [-0.3, -0.25) is 14.1 Å². The van der Waals surface area contributed by atoms with E-state index in [-0.39, 0.29) is 5.54 Å². The van der Waals surface area contributed by atoms with E-state index in [2.05, 4.69) is 86.5 Å². The molecule has 4 nitrogen and oxygen atoms in total. The number of likely N-dealkylation sites (N-methyl/N-ethyl adjacent to an activating group) is 1. The van der Waals surface area contributed by atoms with Crippen molar-refractivity contribution < 1.29 is 0 Å². The molecule has 0 radical (unpaired) electrons. The Morgan fingerprint density at radius 3 is 1.81 bits per heavy atom. The zero-order valence-corrected chi connectivity index (χ0v) is 18.0. The number of nitrogens with one attached hydrogen (secondary N) is 1. The lowest BCUT2D eigenvalue weighted by molar-refractivity contribution is 0.0173. The van der Waals surface area contributed by atoms with Crippen molar-refractivity contribution in [1.82, 2.24) is 19.6 Å². The zero-order valence-electron chi connectivity index (χ0n) is 16.0. The molecule has 1 saturated heterocycles. The fraction of sp³-hybridized carbons (Fsp3) is 1.00. The van der Waals surface area contributed by atoms with Gasteiger partial charge in [-0.2, -0.15) is 0 Å². The predicted octanol–water partition coefficient (Wildman–Crippen LogP) is 3.18. The Bertz CT molecular complexity index is 327. The van der Waals surface area contributed by atoms with Crippen LogP contribution >= 0.6 is 0 Å². The van der Waals surface area contributed by atoms with Gasteiger partial charge in [-0.05, 0) is 27.3 Å². The summed E-state index contributed by atoms with van der Waals surface area (Å²) in [5, 5.41) is 0. The van der Waals surface area contributed by atoms with Crippen molar-refractivity contribution in [3.05, 3.63) is 0 Å². The molecule has 0 aromatic carbocycles. The third-order valence-corrected chi connectivity index (χ3v) is 11.1. The molecule has 0 aromatic rings. The lowest BCUT2D eigenvalue weighted by Crippen LogP contribution is -2.71. The zero-order chi connectivity index (χ0) is 16.6. The van der Waals surface area contributed by atoms with Gasteiger partial charge in [0, 0.05) is 18.6 Å². The second kappa shape index (κ2) is 6.41. The maximum absolute atomic E-state index is 3.96. The van der Waals surface area contributed by atoms with Crippen LogP contribution in [0, 0.1) is 0 Å². The first kappa shape index (κ1) is 19.3. The standard InChI is InChI=1S/C15H38N4Si2/c1-11-17-12-13-18(15(2,3)4)14(17)16-19(20(5,6)7)21(8,9)10/h14,16H,11-13H2,1-10H3. The van der Waals surface area contributed by atoms with Crippen LogP contribution in [0.4, 0.5) is 0 Å². The van der Waals surface area contributed by atoms with Crippen molar-refractivity contribution in [2.24, 2.45) is 0 Å². The van der Waals surface area contributed by atoms with E-state index in [1.807, 2.05) is 0 Å². The van der Waals surface area contributed by atoms with Crippen LogP contribution in [-0.4, -0.2) is 62.1 Å². The molecule has 0 bridgehead atoms. The van der Waals surface area contributed by atoms with Crippen molar-refractivity contribution in [3.8, 4) is 0 Å². The minimum atomic E-state index is -1.39. The van der Waals surface area contributed by atoms with Crippen LogP contribution in [0.1, 0.15) is 27.7 Å². The van der Waals surface area contributed by atoms with Gasteiger partial charge in [0.25, 0.3) is 0 Å². The average Bonchev–Trinajstić information content (AvgIpc) is 2.64. The third-order valence-electron chi connectivity index (χ3n) is 4.12. The van der Waals surface area contributed by atoms with Gasteiger partial charge in [0.1, 0.15) is 22.8 Å². The van der Waals surface area contributed by atoms with E-state index < -0.39 is 16.5 Å². The highest BCUT2D eigenvalue weighted by molar-refractivity contribution is 6.89. The van der Waals surface area contributed by atoms with Crippen LogP contribution in [0.25, 0.3) is 0 Å². The van der Waals surface area contributed by atoms with Crippen LogP contribution < -0.4 is 5.43 Å². The highest BCUT2D eigenvalue weighted by atomic mass is 28.4. The Hall–Kier alpha value is 0.274. The molecule has 0 saturated carbocycles. The van der Waals surface area contributed by atoms with Crippen molar-refractivity contribution >= 4 is 16.5 Å². The number of rotatable bonds is 5. The van der Waals surface area contributed by atoms with Gasteiger partial charge in [0.05, 0.1) is 0 Å². The monoisotopic (exact) mass is 330 g/mol. The Morgan fingerprint density at radius 2 is 1.48 bits per heavy atom. The summed E-state index contributed by atoms with van der Waals surface area (Å²) in [5.74, 6) is 0. The summed E-state index contributed by atoms with van der Waals surface area (Å²) in [6.45, 7) is 27.4. The first-order valence-corrected chi connectivity index (χ1v) is 15.2. The maximum atomic E-state index is 3.96. The van der Waals surface area contributed by atoms with Gasteiger partial charge in [0.2, 0.25) is 0 Å². The Morgan fingerprint density at radius 1 is 1.00 bits per heavy atom.